The first-order chi connectivity index (χ1) is 10.3. The number of anilines is 1. The molecule has 1 amide bonds. The Labute approximate surface area is 127 Å². The molecule has 4 heteroatoms. The number of hydrogen-bond donors (Lipinski definition) is 2. The summed E-state index contributed by atoms with van der Waals surface area (Å²) in [7, 11) is 0. The summed E-state index contributed by atoms with van der Waals surface area (Å²) in [4.78, 5) is 14.4. The number of nitrogens with zero attached hydrogens (tertiary/aromatic N) is 1. The van der Waals surface area contributed by atoms with Gasteiger partial charge in [0.05, 0.1) is 5.92 Å². The molecule has 0 unspecified atom stereocenters. The first kappa shape index (κ1) is 15.8. The van der Waals surface area contributed by atoms with Crippen molar-refractivity contribution >= 4 is 11.6 Å². The molecule has 4 nitrogen and oxygen atoms in total. The van der Waals surface area contributed by atoms with E-state index in [1.807, 2.05) is 6.07 Å². The van der Waals surface area contributed by atoms with Crippen LogP contribution < -0.4 is 15.5 Å². The molecule has 116 valence electrons. The number of nitrogens with one attached hydrogen (secondary N) is 2. The van der Waals surface area contributed by atoms with Crippen LogP contribution in [0.2, 0.25) is 0 Å². The lowest BCUT2D eigenvalue weighted by molar-refractivity contribution is -0.125. The molecule has 1 atom stereocenters. The number of para-hydroxylation sites is 1. The molecule has 0 spiro atoms. The number of piperidine rings is 1. The Morgan fingerprint density at radius 3 is 2.86 bits per heavy atom. The molecule has 1 aliphatic rings. The maximum Gasteiger partial charge on any atom is 0.224 e. The number of carbonyl (C=O) groups is 1. The Morgan fingerprint density at radius 1 is 1.38 bits per heavy atom. The molecule has 0 saturated carbocycles. The highest BCUT2D eigenvalue weighted by atomic mass is 16.1. The molecule has 1 aromatic carbocycles. The summed E-state index contributed by atoms with van der Waals surface area (Å²) in [5.41, 5.74) is 1.25. The van der Waals surface area contributed by atoms with Crippen LogP contribution in [0.25, 0.3) is 0 Å². The van der Waals surface area contributed by atoms with Crippen LogP contribution in [-0.2, 0) is 4.79 Å². The molecule has 1 aromatic rings. The van der Waals surface area contributed by atoms with E-state index in [-0.39, 0.29) is 11.8 Å². The average molecular weight is 289 g/mol. The summed E-state index contributed by atoms with van der Waals surface area (Å²) in [5, 5.41) is 6.36. The van der Waals surface area contributed by atoms with E-state index in [2.05, 4.69) is 46.7 Å². The van der Waals surface area contributed by atoms with Gasteiger partial charge in [-0.2, -0.15) is 0 Å². The van der Waals surface area contributed by atoms with Crippen molar-refractivity contribution in [2.24, 2.45) is 5.92 Å². The minimum absolute atomic E-state index is 0.162. The Balaban J connectivity index is 1.67. The molecule has 1 aliphatic heterocycles. The van der Waals surface area contributed by atoms with Crippen LogP contribution in [0.15, 0.2) is 30.3 Å². The van der Waals surface area contributed by atoms with Gasteiger partial charge in [0.25, 0.3) is 0 Å². The standard InChI is InChI=1S/C17H27N3O/c1-2-20(16-9-4-3-5-10-16)13-7-12-19-17(21)15-8-6-11-18-14-15/h3-5,9-10,15,18H,2,6-8,11-14H2,1H3,(H,19,21)/t15-/m1/s1. The van der Waals surface area contributed by atoms with Crippen molar-refractivity contribution in [3.8, 4) is 0 Å². The predicted molar refractivity (Wildman–Crippen MR) is 87.5 cm³/mol. The predicted octanol–water partition coefficient (Wildman–Crippen LogP) is 2.02. The first-order valence-electron chi connectivity index (χ1n) is 8.09. The first-order valence-corrected chi connectivity index (χ1v) is 8.09. The highest BCUT2D eigenvalue weighted by Gasteiger charge is 2.20. The Hall–Kier alpha value is -1.55. The van der Waals surface area contributed by atoms with E-state index < -0.39 is 0 Å². The molecule has 2 rings (SSSR count). The van der Waals surface area contributed by atoms with E-state index in [1.165, 1.54) is 5.69 Å². The van der Waals surface area contributed by atoms with Crippen molar-refractivity contribution in [1.82, 2.24) is 10.6 Å². The monoisotopic (exact) mass is 289 g/mol. The molecule has 1 saturated heterocycles. The van der Waals surface area contributed by atoms with E-state index in [1.54, 1.807) is 0 Å². The van der Waals surface area contributed by atoms with Crippen molar-refractivity contribution in [3.05, 3.63) is 30.3 Å². The van der Waals surface area contributed by atoms with E-state index in [0.717, 1.165) is 52.0 Å². The minimum atomic E-state index is 0.162. The van der Waals surface area contributed by atoms with E-state index >= 15 is 0 Å². The molecule has 0 aromatic heterocycles. The van der Waals surface area contributed by atoms with Gasteiger partial charge < -0.3 is 15.5 Å². The summed E-state index contributed by atoms with van der Waals surface area (Å²) < 4.78 is 0. The zero-order valence-electron chi connectivity index (χ0n) is 13.0. The van der Waals surface area contributed by atoms with Crippen molar-refractivity contribution in [3.63, 3.8) is 0 Å². The van der Waals surface area contributed by atoms with Crippen LogP contribution in [0.3, 0.4) is 0 Å². The van der Waals surface area contributed by atoms with Crippen molar-refractivity contribution in [2.45, 2.75) is 26.2 Å². The van der Waals surface area contributed by atoms with Gasteiger partial charge in [0, 0.05) is 31.9 Å². The topological polar surface area (TPSA) is 44.4 Å². The van der Waals surface area contributed by atoms with Crippen molar-refractivity contribution in [2.75, 3.05) is 37.6 Å². The zero-order chi connectivity index (χ0) is 14.9. The highest BCUT2D eigenvalue weighted by Crippen LogP contribution is 2.13. The average Bonchev–Trinajstić information content (AvgIpc) is 2.56. The number of amides is 1. The van der Waals surface area contributed by atoms with Crippen LogP contribution in [0, 0.1) is 5.92 Å². The molecular formula is C17H27N3O. The zero-order valence-corrected chi connectivity index (χ0v) is 13.0. The lowest BCUT2D eigenvalue weighted by Gasteiger charge is -2.24. The van der Waals surface area contributed by atoms with Gasteiger partial charge in [-0.3, -0.25) is 4.79 Å². The van der Waals surface area contributed by atoms with Gasteiger partial charge in [-0.1, -0.05) is 18.2 Å². The fraction of sp³-hybridized carbons (Fsp3) is 0.588. The lowest BCUT2D eigenvalue weighted by Crippen LogP contribution is -2.41. The summed E-state index contributed by atoms with van der Waals surface area (Å²) in [5.74, 6) is 0.375. The highest BCUT2D eigenvalue weighted by molar-refractivity contribution is 5.78. The third-order valence-corrected chi connectivity index (χ3v) is 4.07. The molecule has 1 heterocycles. The van der Waals surface area contributed by atoms with Crippen molar-refractivity contribution in [1.29, 1.82) is 0 Å². The fourth-order valence-electron chi connectivity index (χ4n) is 2.81. The van der Waals surface area contributed by atoms with E-state index in [0.29, 0.717) is 0 Å². The number of carbonyl (C=O) groups excluding carboxylic acids is 1. The smallest absolute Gasteiger partial charge is 0.224 e. The van der Waals surface area contributed by atoms with Crippen LogP contribution >= 0.6 is 0 Å². The third kappa shape index (κ3) is 5.05. The summed E-state index contributed by atoms with van der Waals surface area (Å²) in [6.07, 6.45) is 3.11. The Bertz CT molecular complexity index is 415. The number of benzene rings is 1. The second-order valence-corrected chi connectivity index (χ2v) is 5.60. The van der Waals surface area contributed by atoms with Crippen molar-refractivity contribution < 1.29 is 4.79 Å². The van der Waals surface area contributed by atoms with Gasteiger partial charge in [0.15, 0.2) is 0 Å². The van der Waals surface area contributed by atoms with Gasteiger partial charge in [0.2, 0.25) is 5.91 Å². The largest absolute Gasteiger partial charge is 0.372 e. The van der Waals surface area contributed by atoms with Gasteiger partial charge in [0.1, 0.15) is 0 Å². The Kier molecular flexibility index (Phi) is 6.54. The number of rotatable bonds is 7. The lowest BCUT2D eigenvalue weighted by atomic mass is 9.99. The summed E-state index contributed by atoms with van der Waals surface area (Å²) >= 11 is 0. The quantitative estimate of drug-likeness (QED) is 0.755. The number of hydrogen-bond acceptors (Lipinski definition) is 3. The molecule has 1 fully saturated rings. The van der Waals surface area contributed by atoms with Gasteiger partial charge in [-0.15, -0.1) is 0 Å². The van der Waals surface area contributed by atoms with Gasteiger partial charge in [-0.05, 0) is 44.9 Å². The van der Waals surface area contributed by atoms with Crippen LogP contribution in [-0.4, -0.2) is 38.6 Å². The molecule has 0 radical (unpaired) electrons. The second-order valence-electron chi connectivity index (χ2n) is 5.60. The van der Waals surface area contributed by atoms with Crippen LogP contribution in [0.5, 0.6) is 0 Å². The SMILES string of the molecule is CCN(CCCNC(=O)[C@@H]1CCCNC1)c1ccccc1. The maximum absolute atomic E-state index is 12.0. The molecule has 0 bridgehead atoms. The molecule has 0 aliphatic carbocycles. The normalized spacial score (nSPS) is 18.2. The molecular weight excluding hydrogens is 262 g/mol. The third-order valence-electron chi connectivity index (χ3n) is 4.07. The minimum Gasteiger partial charge on any atom is -0.372 e. The second kappa shape index (κ2) is 8.67. The summed E-state index contributed by atoms with van der Waals surface area (Å²) in [6, 6.07) is 10.4. The van der Waals surface area contributed by atoms with Gasteiger partial charge in [-0.25, -0.2) is 0 Å². The van der Waals surface area contributed by atoms with Crippen LogP contribution in [0.1, 0.15) is 26.2 Å². The molecule has 2 N–H and O–H groups in total. The molecule has 21 heavy (non-hydrogen) atoms. The fourth-order valence-corrected chi connectivity index (χ4v) is 2.81. The maximum atomic E-state index is 12.0. The summed E-state index contributed by atoms with van der Waals surface area (Å²) in [6.45, 7) is 6.77. The Morgan fingerprint density at radius 2 is 2.19 bits per heavy atom. The van der Waals surface area contributed by atoms with Gasteiger partial charge >= 0.3 is 0 Å². The van der Waals surface area contributed by atoms with Crippen LogP contribution in [0.4, 0.5) is 5.69 Å². The van der Waals surface area contributed by atoms with E-state index in [4.69, 9.17) is 0 Å². The van der Waals surface area contributed by atoms with E-state index in [9.17, 15) is 4.79 Å².